The molecule has 2 aromatic rings. The van der Waals surface area contributed by atoms with Gasteiger partial charge in [0.25, 0.3) is 0 Å². The Kier molecular flexibility index (Phi) is 4.84. The van der Waals surface area contributed by atoms with Crippen LogP contribution in [-0.4, -0.2) is 13.2 Å². The van der Waals surface area contributed by atoms with Crippen molar-refractivity contribution in [2.24, 2.45) is 0 Å². The van der Waals surface area contributed by atoms with E-state index in [1.807, 2.05) is 19.1 Å². The van der Waals surface area contributed by atoms with Crippen LogP contribution in [0.2, 0.25) is 0 Å². The zero-order valence-corrected chi connectivity index (χ0v) is 12.6. The topological polar surface area (TPSA) is 42.2 Å². The van der Waals surface area contributed by atoms with E-state index in [2.05, 4.69) is 32.0 Å². The standard InChI is InChI=1S/C18H19NO2/c1-13-7-8-14(2)18(15(13)3)21-10-9-20-17-6-4-5-16(11-17)12-19/h4-8,11H,9-10H2,1-3H3. The number of ether oxygens (including phenoxy) is 2. The maximum absolute atomic E-state index is 8.84. The fourth-order valence-corrected chi connectivity index (χ4v) is 2.11. The first kappa shape index (κ1) is 14.9. The van der Waals surface area contributed by atoms with Crippen molar-refractivity contribution < 1.29 is 9.47 Å². The zero-order valence-electron chi connectivity index (χ0n) is 12.6. The average Bonchev–Trinajstić information content (AvgIpc) is 2.50. The van der Waals surface area contributed by atoms with E-state index in [-0.39, 0.29) is 0 Å². The van der Waals surface area contributed by atoms with Crippen LogP contribution in [-0.2, 0) is 0 Å². The summed E-state index contributed by atoms with van der Waals surface area (Å²) in [4.78, 5) is 0. The molecule has 0 aromatic heterocycles. The van der Waals surface area contributed by atoms with Crippen LogP contribution in [0.25, 0.3) is 0 Å². The highest BCUT2D eigenvalue weighted by Crippen LogP contribution is 2.25. The third-order valence-corrected chi connectivity index (χ3v) is 3.44. The first-order valence-electron chi connectivity index (χ1n) is 6.94. The second-order valence-corrected chi connectivity index (χ2v) is 4.99. The summed E-state index contributed by atoms with van der Waals surface area (Å²) in [5.41, 5.74) is 4.11. The van der Waals surface area contributed by atoms with Gasteiger partial charge in [-0.25, -0.2) is 0 Å². The molecule has 108 valence electrons. The monoisotopic (exact) mass is 281 g/mol. The number of nitriles is 1. The largest absolute Gasteiger partial charge is 0.490 e. The highest BCUT2D eigenvalue weighted by molar-refractivity contribution is 5.44. The predicted octanol–water partition coefficient (Wildman–Crippen LogP) is 3.94. The molecule has 0 heterocycles. The molecule has 0 aliphatic rings. The van der Waals surface area contributed by atoms with Crippen molar-refractivity contribution in [2.75, 3.05) is 13.2 Å². The average molecular weight is 281 g/mol. The number of aryl methyl sites for hydroxylation is 2. The molecule has 3 nitrogen and oxygen atoms in total. The molecule has 0 N–H and O–H groups in total. The Labute approximate surface area is 125 Å². The lowest BCUT2D eigenvalue weighted by atomic mass is 10.1. The Hall–Kier alpha value is -2.47. The van der Waals surface area contributed by atoms with Crippen molar-refractivity contribution >= 4 is 0 Å². The predicted molar refractivity (Wildman–Crippen MR) is 82.8 cm³/mol. The number of nitrogens with zero attached hydrogens (tertiary/aromatic N) is 1. The van der Waals surface area contributed by atoms with Gasteiger partial charge in [-0.1, -0.05) is 18.2 Å². The lowest BCUT2D eigenvalue weighted by molar-refractivity contribution is 0.215. The summed E-state index contributed by atoms with van der Waals surface area (Å²) in [5.74, 6) is 1.62. The highest BCUT2D eigenvalue weighted by atomic mass is 16.5. The van der Waals surface area contributed by atoms with Crippen LogP contribution in [0.4, 0.5) is 0 Å². The molecule has 0 fully saturated rings. The summed E-state index contributed by atoms with van der Waals surface area (Å²) in [6.07, 6.45) is 0. The molecule has 0 atom stereocenters. The first-order chi connectivity index (χ1) is 10.1. The number of benzene rings is 2. The Morgan fingerprint density at radius 3 is 2.43 bits per heavy atom. The van der Waals surface area contributed by atoms with Crippen LogP contribution in [0.1, 0.15) is 22.3 Å². The zero-order chi connectivity index (χ0) is 15.2. The maximum Gasteiger partial charge on any atom is 0.125 e. The van der Waals surface area contributed by atoms with Crippen LogP contribution in [0.5, 0.6) is 11.5 Å². The van der Waals surface area contributed by atoms with E-state index in [1.54, 1.807) is 12.1 Å². The van der Waals surface area contributed by atoms with Crippen molar-refractivity contribution in [3.8, 4) is 17.6 Å². The second-order valence-electron chi connectivity index (χ2n) is 4.99. The van der Waals surface area contributed by atoms with Crippen LogP contribution < -0.4 is 9.47 Å². The molecule has 0 saturated heterocycles. The molecule has 2 aromatic carbocycles. The van der Waals surface area contributed by atoms with Crippen molar-refractivity contribution in [3.63, 3.8) is 0 Å². The minimum absolute atomic E-state index is 0.446. The Bertz CT molecular complexity index is 671. The lowest BCUT2D eigenvalue weighted by Gasteiger charge is -2.14. The van der Waals surface area contributed by atoms with Crippen molar-refractivity contribution in [1.29, 1.82) is 5.26 Å². The van der Waals surface area contributed by atoms with Crippen LogP contribution >= 0.6 is 0 Å². The summed E-state index contributed by atoms with van der Waals surface area (Å²) < 4.78 is 11.4. The maximum atomic E-state index is 8.84. The number of hydrogen-bond donors (Lipinski definition) is 0. The van der Waals surface area contributed by atoms with Crippen LogP contribution in [0, 0.1) is 32.1 Å². The molecule has 0 saturated carbocycles. The Morgan fingerprint density at radius 1 is 0.952 bits per heavy atom. The molecule has 21 heavy (non-hydrogen) atoms. The third kappa shape index (κ3) is 3.76. The van der Waals surface area contributed by atoms with Gasteiger partial charge >= 0.3 is 0 Å². The molecular formula is C18H19NO2. The Balaban J connectivity index is 1.91. The second kappa shape index (κ2) is 6.81. The highest BCUT2D eigenvalue weighted by Gasteiger charge is 2.06. The van der Waals surface area contributed by atoms with E-state index in [4.69, 9.17) is 14.7 Å². The van der Waals surface area contributed by atoms with Gasteiger partial charge in [0.05, 0.1) is 11.6 Å². The van der Waals surface area contributed by atoms with Gasteiger partial charge in [0.1, 0.15) is 24.7 Å². The minimum atomic E-state index is 0.446. The van der Waals surface area contributed by atoms with E-state index in [0.29, 0.717) is 24.5 Å². The minimum Gasteiger partial charge on any atom is -0.490 e. The van der Waals surface area contributed by atoms with Gasteiger partial charge in [-0.2, -0.15) is 5.26 Å². The smallest absolute Gasteiger partial charge is 0.125 e. The number of rotatable bonds is 5. The van der Waals surface area contributed by atoms with Gasteiger partial charge < -0.3 is 9.47 Å². The molecule has 0 aliphatic heterocycles. The number of hydrogen-bond acceptors (Lipinski definition) is 3. The van der Waals surface area contributed by atoms with E-state index >= 15 is 0 Å². The van der Waals surface area contributed by atoms with Crippen molar-refractivity contribution in [1.82, 2.24) is 0 Å². The summed E-state index contributed by atoms with van der Waals surface area (Å²) in [6.45, 7) is 7.10. The van der Waals surface area contributed by atoms with E-state index in [1.165, 1.54) is 11.1 Å². The summed E-state index contributed by atoms with van der Waals surface area (Å²) in [7, 11) is 0. The van der Waals surface area contributed by atoms with Gasteiger partial charge in [0, 0.05) is 0 Å². The summed E-state index contributed by atoms with van der Waals surface area (Å²) >= 11 is 0. The summed E-state index contributed by atoms with van der Waals surface area (Å²) in [5, 5.41) is 8.84. The molecule has 0 unspecified atom stereocenters. The molecule has 0 aliphatic carbocycles. The lowest BCUT2D eigenvalue weighted by Crippen LogP contribution is -2.10. The molecule has 0 radical (unpaired) electrons. The fraction of sp³-hybridized carbons (Fsp3) is 0.278. The van der Waals surface area contributed by atoms with Gasteiger partial charge in [-0.3, -0.25) is 0 Å². The Morgan fingerprint density at radius 2 is 1.67 bits per heavy atom. The molecule has 3 heteroatoms. The van der Waals surface area contributed by atoms with Crippen molar-refractivity contribution in [2.45, 2.75) is 20.8 Å². The first-order valence-corrected chi connectivity index (χ1v) is 6.94. The molecule has 2 rings (SSSR count). The van der Waals surface area contributed by atoms with E-state index < -0.39 is 0 Å². The molecule has 0 spiro atoms. The molecular weight excluding hydrogens is 262 g/mol. The van der Waals surface area contributed by atoms with Gasteiger partial charge in [0.2, 0.25) is 0 Å². The quantitative estimate of drug-likeness (QED) is 0.779. The molecule has 0 bridgehead atoms. The third-order valence-electron chi connectivity index (χ3n) is 3.44. The van der Waals surface area contributed by atoms with Crippen LogP contribution in [0.15, 0.2) is 36.4 Å². The van der Waals surface area contributed by atoms with E-state index in [0.717, 1.165) is 11.3 Å². The van der Waals surface area contributed by atoms with E-state index in [9.17, 15) is 0 Å². The van der Waals surface area contributed by atoms with Crippen molar-refractivity contribution in [3.05, 3.63) is 58.7 Å². The molecule has 0 amide bonds. The fourth-order valence-electron chi connectivity index (χ4n) is 2.11. The normalized spacial score (nSPS) is 10.0. The van der Waals surface area contributed by atoms with Gasteiger partial charge in [-0.15, -0.1) is 0 Å². The van der Waals surface area contributed by atoms with Gasteiger partial charge in [-0.05, 0) is 55.7 Å². The van der Waals surface area contributed by atoms with Crippen LogP contribution in [0.3, 0.4) is 0 Å². The van der Waals surface area contributed by atoms with Gasteiger partial charge in [0.15, 0.2) is 0 Å². The SMILES string of the molecule is Cc1ccc(C)c(OCCOc2cccc(C#N)c2)c1C. The summed E-state index contributed by atoms with van der Waals surface area (Å²) in [6, 6.07) is 13.4.